The Morgan fingerprint density at radius 3 is 2.61 bits per heavy atom. The molecular formula is C28H35N9O. The smallest absolute Gasteiger partial charge is 0.227 e. The number of aromatic nitrogens is 4. The highest BCUT2D eigenvalue weighted by molar-refractivity contribution is 5.81. The Morgan fingerprint density at radius 1 is 1.00 bits per heavy atom. The number of likely N-dealkylation sites (N-methyl/N-ethyl adjacent to an activating group) is 1. The molecule has 0 spiro atoms. The van der Waals surface area contributed by atoms with Crippen LogP contribution in [0.5, 0.6) is 5.75 Å². The molecule has 1 atom stereocenters. The standard InChI is InChI=1S/C28H35N9O/c1-34-12-14-36(15-13-34)19-9-11-37(18-19)25-17-26(38-3)23(16-20(25)29)33-28-30-10-8-22(32-28)27-31-21-6-4-5-7-24(21)35(27)2/h4-8,10,16-17,19H,9,11-15,18,29H2,1-3H3,(H,30,32,33)/t19-/m0/s1. The van der Waals surface area contributed by atoms with E-state index < -0.39 is 0 Å². The van der Waals surface area contributed by atoms with Gasteiger partial charge in [-0.15, -0.1) is 0 Å². The first-order valence-corrected chi connectivity index (χ1v) is 13.2. The SMILES string of the molecule is COc1cc(N2CC[C@H](N3CCN(C)CC3)C2)c(N)cc1Nc1nccc(-c2nc3ccccc3n2C)n1. The van der Waals surface area contributed by atoms with Gasteiger partial charge in [0.2, 0.25) is 5.95 Å². The number of piperazine rings is 1. The van der Waals surface area contributed by atoms with Gasteiger partial charge in [0.05, 0.1) is 35.2 Å². The number of nitrogens with zero attached hydrogens (tertiary/aromatic N) is 7. The van der Waals surface area contributed by atoms with Crippen LogP contribution < -0.4 is 20.7 Å². The largest absolute Gasteiger partial charge is 0.494 e. The van der Waals surface area contributed by atoms with Gasteiger partial charge in [0.15, 0.2) is 5.82 Å². The van der Waals surface area contributed by atoms with Crippen molar-refractivity contribution >= 4 is 34.0 Å². The Labute approximate surface area is 223 Å². The van der Waals surface area contributed by atoms with Crippen LogP contribution in [0, 0.1) is 0 Å². The second kappa shape index (κ2) is 10.1. The highest BCUT2D eigenvalue weighted by Crippen LogP contribution is 2.38. The number of nitrogen functional groups attached to an aromatic ring is 1. The van der Waals surface area contributed by atoms with Crippen LogP contribution in [0.25, 0.3) is 22.6 Å². The van der Waals surface area contributed by atoms with Gasteiger partial charge in [-0.1, -0.05) is 12.1 Å². The van der Waals surface area contributed by atoms with E-state index in [1.165, 1.54) is 0 Å². The summed E-state index contributed by atoms with van der Waals surface area (Å²) in [6, 6.07) is 14.4. The topological polar surface area (TPSA) is 101 Å². The predicted molar refractivity (Wildman–Crippen MR) is 152 cm³/mol. The minimum absolute atomic E-state index is 0.455. The molecule has 0 radical (unpaired) electrons. The number of hydrogen-bond acceptors (Lipinski definition) is 9. The summed E-state index contributed by atoms with van der Waals surface area (Å²) in [5.41, 5.74) is 11.8. The van der Waals surface area contributed by atoms with Crippen molar-refractivity contribution in [2.75, 3.05) is 69.4 Å². The molecular weight excluding hydrogens is 478 g/mol. The van der Waals surface area contributed by atoms with Crippen molar-refractivity contribution in [3.05, 3.63) is 48.7 Å². The predicted octanol–water partition coefficient (Wildman–Crippen LogP) is 3.19. The van der Waals surface area contributed by atoms with E-state index in [1.54, 1.807) is 13.3 Å². The van der Waals surface area contributed by atoms with E-state index in [1.807, 2.05) is 48.0 Å². The van der Waals surface area contributed by atoms with Crippen LogP contribution in [0.1, 0.15) is 6.42 Å². The Morgan fingerprint density at radius 2 is 1.82 bits per heavy atom. The quantitative estimate of drug-likeness (QED) is 0.377. The van der Waals surface area contributed by atoms with Crippen LogP contribution in [0.15, 0.2) is 48.7 Å². The van der Waals surface area contributed by atoms with Gasteiger partial charge in [0, 0.05) is 64.6 Å². The summed E-state index contributed by atoms with van der Waals surface area (Å²) in [4.78, 5) is 21.4. The molecule has 4 heterocycles. The normalized spacial score (nSPS) is 18.8. The summed E-state index contributed by atoms with van der Waals surface area (Å²) in [5, 5.41) is 3.31. The van der Waals surface area contributed by atoms with Gasteiger partial charge in [-0.3, -0.25) is 4.90 Å². The molecule has 2 aromatic carbocycles. The third-order valence-corrected chi connectivity index (χ3v) is 7.83. The lowest BCUT2D eigenvalue weighted by atomic mass is 10.2. The molecule has 2 aliphatic rings. The summed E-state index contributed by atoms with van der Waals surface area (Å²) >= 11 is 0. The van der Waals surface area contributed by atoms with Gasteiger partial charge in [-0.05, 0) is 37.7 Å². The van der Waals surface area contributed by atoms with E-state index in [-0.39, 0.29) is 0 Å². The second-order valence-electron chi connectivity index (χ2n) is 10.2. The first kappa shape index (κ1) is 24.4. The number of nitrogens with two attached hydrogens (primary N) is 1. The zero-order chi connectivity index (χ0) is 26.2. The molecule has 0 amide bonds. The van der Waals surface area contributed by atoms with Crippen molar-refractivity contribution in [2.45, 2.75) is 12.5 Å². The van der Waals surface area contributed by atoms with Crippen LogP contribution in [0.4, 0.5) is 23.0 Å². The van der Waals surface area contributed by atoms with Crippen LogP contribution in [0.3, 0.4) is 0 Å². The molecule has 2 aliphatic heterocycles. The van der Waals surface area contributed by atoms with Gasteiger partial charge in [0.25, 0.3) is 0 Å². The fourth-order valence-corrected chi connectivity index (χ4v) is 5.61. The molecule has 0 bridgehead atoms. The third-order valence-electron chi connectivity index (χ3n) is 7.83. The molecule has 0 saturated carbocycles. The Balaban J connectivity index is 1.22. The maximum atomic E-state index is 6.59. The van der Waals surface area contributed by atoms with Crippen molar-refractivity contribution in [3.63, 3.8) is 0 Å². The fourth-order valence-electron chi connectivity index (χ4n) is 5.61. The number of benzene rings is 2. The summed E-state index contributed by atoms with van der Waals surface area (Å²) in [6.45, 7) is 6.49. The lowest BCUT2D eigenvalue weighted by Gasteiger charge is -2.36. The number of para-hydroxylation sites is 2. The number of rotatable bonds is 6. The molecule has 198 valence electrons. The number of hydrogen-bond donors (Lipinski definition) is 2. The van der Waals surface area contributed by atoms with Gasteiger partial charge in [-0.25, -0.2) is 15.0 Å². The zero-order valence-electron chi connectivity index (χ0n) is 22.3. The number of methoxy groups -OCH3 is 1. The van der Waals surface area contributed by atoms with Crippen molar-refractivity contribution in [2.24, 2.45) is 7.05 Å². The molecule has 4 aromatic rings. The lowest BCUT2D eigenvalue weighted by molar-refractivity contribution is 0.120. The molecule has 2 fully saturated rings. The summed E-state index contributed by atoms with van der Waals surface area (Å²) in [7, 11) is 5.87. The number of aryl methyl sites for hydroxylation is 1. The van der Waals surface area contributed by atoms with Crippen LogP contribution in [-0.4, -0.2) is 88.8 Å². The van der Waals surface area contributed by atoms with Gasteiger partial charge in [-0.2, -0.15) is 0 Å². The minimum atomic E-state index is 0.455. The molecule has 0 unspecified atom stereocenters. The summed E-state index contributed by atoms with van der Waals surface area (Å²) in [6.07, 6.45) is 2.88. The third kappa shape index (κ3) is 4.61. The number of anilines is 4. The number of nitrogens with one attached hydrogen (secondary N) is 1. The number of ether oxygens (including phenoxy) is 1. The van der Waals surface area contributed by atoms with Crippen LogP contribution in [-0.2, 0) is 7.05 Å². The molecule has 10 nitrogen and oxygen atoms in total. The zero-order valence-corrected chi connectivity index (χ0v) is 22.3. The Hall–Kier alpha value is -3.89. The lowest BCUT2D eigenvalue weighted by Crippen LogP contribution is -2.49. The van der Waals surface area contributed by atoms with Crippen LogP contribution >= 0.6 is 0 Å². The van der Waals surface area contributed by atoms with Crippen molar-refractivity contribution in [1.29, 1.82) is 0 Å². The van der Waals surface area contributed by atoms with E-state index in [0.29, 0.717) is 23.4 Å². The number of imidazole rings is 1. The van der Waals surface area contributed by atoms with Crippen molar-refractivity contribution in [1.82, 2.24) is 29.3 Å². The molecule has 2 aromatic heterocycles. The minimum Gasteiger partial charge on any atom is -0.494 e. The maximum Gasteiger partial charge on any atom is 0.227 e. The van der Waals surface area contributed by atoms with E-state index in [4.69, 9.17) is 20.4 Å². The highest BCUT2D eigenvalue weighted by atomic mass is 16.5. The van der Waals surface area contributed by atoms with E-state index in [2.05, 4.69) is 38.1 Å². The van der Waals surface area contributed by atoms with Crippen molar-refractivity contribution in [3.8, 4) is 17.3 Å². The Kier molecular flexibility index (Phi) is 6.50. The molecule has 3 N–H and O–H groups in total. The molecule has 38 heavy (non-hydrogen) atoms. The molecule has 0 aliphatic carbocycles. The van der Waals surface area contributed by atoms with Gasteiger partial charge < -0.3 is 30.2 Å². The summed E-state index contributed by atoms with van der Waals surface area (Å²) < 4.78 is 7.81. The first-order valence-electron chi connectivity index (χ1n) is 13.2. The first-order chi connectivity index (χ1) is 18.5. The Bertz CT molecular complexity index is 1440. The highest BCUT2D eigenvalue weighted by Gasteiger charge is 2.30. The molecule has 6 rings (SSSR count). The van der Waals surface area contributed by atoms with Crippen molar-refractivity contribution < 1.29 is 4.74 Å². The van der Waals surface area contributed by atoms with E-state index in [9.17, 15) is 0 Å². The van der Waals surface area contributed by atoms with Crippen LogP contribution in [0.2, 0.25) is 0 Å². The number of fused-ring (bicyclic) bond motifs is 1. The maximum absolute atomic E-state index is 6.59. The summed E-state index contributed by atoms with van der Waals surface area (Å²) in [5.74, 6) is 1.94. The van der Waals surface area contributed by atoms with E-state index >= 15 is 0 Å². The molecule has 10 heteroatoms. The average molecular weight is 514 g/mol. The average Bonchev–Trinajstić information content (AvgIpc) is 3.55. The monoisotopic (exact) mass is 513 g/mol. The van der Waals surface area contributed by atoms with Gasteiger partial charge >= 0.3 is 0 Å². The van der Waals surface area contributed by atoms with Gasteiger partial charge in [0.1, 0.15) is 11.4 Å². The van der Waals surface area contributed by atoms with E-state index in [0.717, 1.165) is 79.6 Å². The molecule has 2 saturated heterocycles. The fraction of sp³-hybridized carbons (Fsp3) is 0.393. The second-order valence-corrected chi connectivity index (χ2v) is 10.2.